The molecular weight excluding hydrogens is 485 g/mol. The van der Waals surface area contributed by atoms with E-state index in [1.165, 1.54) is 20.4 Å². The third-order valence-corrected chi connectivity index (χ3v) is 4.04. The first-order valence-corrected chi connectivity index (χ1v) is 9.87. The van der Waals surface area contributed by atoms with Crippen molar-refractivity contribution in [3.05, 3.63) is 56.2 Å². The summed E-state index contributed by atoms with van der Waals surface area (Å²) in [6.07, 6.45) is 5.21. The second kappa shape index (κ2) is 11.2. The Kier molecular flexibility index (Phi) is 9.60. The molecular formula is C19H20N4O5SY-2. The Morgan fingerprint density at radius 2 is 1.73 bits per heavy atom. The van der Waals surface area contributed by atoms with Crippen LogP contribution in [0.2, 0.25) is 0 Å². The molecule has 2 aromatic heterocycles. The van der Waals surface area contributed by atoms with E-state index in [2.05, 4.69) is 25.9 Å². The van der Waals surface area contributed by atoms with Crippen LogP contribution in [-0.4, -0.2) is 43.8 Å². The van der Waals surface area contributed by atoms with Crippen LogP contribution in [0.3, 0.4) is 0 Å². The molecule has 0 fully saturated rings. The molecule has 0 unspecified atom stereocenters. The van der Waals surface area contributed by atoms with Gasteiger partial charge >= 0.3 is 0 Å². The molecule has 0 aliphatic rings. The van der Waals surface area contributed by atoms with Crippen LogP contribution in [-0.2, 0) is 42.7 Å². The molecule has 2 heterocycles. The number of aromatic nitrogens is 3. The Morgan fingerprint density at radius 1 is 1.03 bits per heavy atom. The van der Waals surface area contributed by atoms with Crippen molar-refractivity contribution in [2.45, 2.75) is 0 Å². The van der Waals surface area contributed by atoms with Crippen LogP contribution in [0.15, 0.2) is 42.6 Å². The molecule has 0 saturated carbocycles. The molecule has 1 aromatic carbocycles. The Balaban J connectivity index is 0.00000225. The normalized spacial score (nSPS) is 10.2. The van der Waals surface area contributed by atoms with E-state index >= 15 is 0 Å². The smallest absolute Gasteiger partial charge is 0.262 e. The van der Waals surface area contributed by atoms with Gasteiger partial charge in [0, 0.05) is 32.7 Å². The zero-order valence-electron chi connectivity index (χ0n) is 16.9. The first kappa shape index (κ1) is 25.7. The Hall–Kier alpha value is -2.30. The van der Waals surface area contributed by atoms with Gasteiger partial charge in [0.05, 0.1) is 20.5 Å². The number of anilines is 1. The Bertz CT molecular complexity index is 1080. The summed E-state index contributed by atoms with van der Waals surface area (Å²) in [6, 6.07) is 10.1. The van der Waals surface area contributed by atoms with Crippen molar-refractivity contribution < 1.29 is 55.3 Å². The minimum Gasteiger partial charge on any atom is -0.493 e. The van der Waals surface area contributed by atoms with E-state index in [-0.39, 0.29) is 63.4 Å². The standard InChI is InChI=1S/C18H17N4O5S.CH3.Y/c1-25-13-6-4-5-7-14(13)27-15-17(22-28(3,23)24)20-16(21-18(15)26-2)12-8-10-19-11-9-12;;/h4-10H,1-3H3,(H,20,21,22);1H3;/q2*-1;. The SMILES string of the molecule is COc1ccccc1Oc1c(NS(C)(=O)=O)nc(-c2c[c-]ncc2)nc1OC.[CH3-].[Y]. The summed E-state index contributed by atoms with van der Waals surface area (Å²) >= 11 is 0. The molecule has 157 valence electrons. The number of ether oxygens (including phenoxy) is 3. The third kappa shape index (κ3) is 6.35. The second-order valence-corrected chi connectivity index (χ2v) is 7.28. The number of benzene rings is 1. The number of sulfonamides is 1. The topological polar surface area (TPSA) is 113 Å². The van der Waals surface area contributed by atoms with Gasteiger partial charge in [0.1, 0.15) is 5.82 Å². The maximum atomic E-state index is 11.9. The van der Waals surface area contributed by atoms with Gasteiger partial charge in [-0.05, 0) is 12.1 Å². The summed E-state index contributed by atoms with van der Waals surface area (Å²) in [5, 5.41) is 0. The molecule has 3 rings (SSSR count). The van der Waals surface area contributed by atoms with Gasteiger partial charge in [-0.25, -0.2) is 18.4 Å². The molecule has 30 heavy (non-hydrogen) atoms. The Morgan fingerprint density at radius 3 is 2.30 bits per heavy atom. The largest absolute Gasteiger partial charge is 0.493 e. The van der Waals surface area contributed by atoms with Crippen LogP contribution in [0.1, 0.15) is 0 Å². The van der Waals surface area contributed by atoms with Gasteiger partial charge in [-0.2, -0.15) is 0 Å². The number of nitrogens with zero attached hydrogens (tertiary/aromatic N) is 3. The number of nitrogens with one attached hydrogen (secondary N) is 1. The number of pyridine rings is 1. The third-order valence-electron chi connectivity index (χ3n) is 3.47. The van der Waals surface area contributed by atoms with E-state index in [9.17, 15) is 8.42 Å². The minimum absolute atomic E-state index is 0. The molecule has 0 saturated heterocycles. The van der Waals surface area contributed by atoms with Crippen molar-refractivity contribution in [3.8, 4) is 34.5 Å². The first-order valence-electron chi connectivity index (χ1n) is 7.98. The summed E-state index contributed by atoms with van der Waals surface area (Å²) in [5.41, 5.74) is 0.577. The molecule has 0 atom stereocenters. The van der Waals surface area contributed by atoms with Gasteiger partial charge in [-0.15, -0.1) is 12.1 Å². The number of hydrogen-bond acceptors (Lipinski definition) is 8. The van der Waals surface area contributed by atoms with Crippen LogP contribution >= 0.6 is 0 Å². The van der Waals surface area contributed by atoms with Gasteiger partial charge in [-0.3, -0.25) is 4.72 Å². The van der Waals surface area contributed by atoms with E-state index in [1.807, 2.05) is 0 Å². The first-order chi connectivity index (χ1) is 13.4. The van der Waals surface area contributed by atoms with Crippen molar-refractivity contribution >= 4 is 15.8 Å². The zero-order chi connectivity index (χ0) is 20.1. The summed E-state index contributed by atoms with van der Waals surface area (Å²) in [6.45, 7) is 0. The Labute approximate surface area is 201 Å². The number of hydrogen-bond donors (Lipinski definition) is 1. The van der Waals surface area contributed by atoms with Gasteiger partial charge < -0.3 is 26.6 Å². The fraction of sp³-hybridized carbons (Fsp3) is 0.158. The van der Waals surface area contributed by atoms with E-state index in [0.29, 0.717) is 17.1 Å². The van der Waals surface area contributed by atoms with Crippen molar-refractivity contribution in [2.24, 2.45) is 0 Å². The quantitative estimate of drug-likeness (QED) is 0.488. The number of methoxy groups -OCH3 is 2. The maximum absolute atomic E-state index is 11.9. The molecule has 11 heteroatoms. The van der Waals surface area contributed by atoms with E-state index in [4.69, 9.17) is 14.2 Å². The van der Waals surface area contributed by atoms with Crippen molar-refractivity contribution in [1.29, 1.82) is 0 Å². The van der Waals surface area contributed by atoms with Crippen molar-refractivity contribution in [1.82, 2.24) is 15.0 Å². The molecule has 9 nitrogen and oxygen atoms in total. The minimum atomic E-state index is -3.66. The van der Waals surface area contributed by atoms with E-state index < -0.39 is 10.0 Å². The van der Waals surface area contributed by atoms with E-state index in [0.717, 1.165) is 6.26 Å². The van der Waals surface area contributed by atoms with Crippen LogP contribution in [0.25, 0.3) is 11.4 Å². The molecule has 3 aromatic rings. The van der Waals surface area contributed by atoms with Crippen LogP contribution in [0, 0.1) is 13.6 Å². The summed E-state index contributed by atoms with van der Waals surface area (Å²) in [5.74, 6) is 0.968. The van der Waals surface area contributed by atoms with Gasteiger partial charge in [0.15, 0.2) is 17.3 Å². The maximum Gasteiger partial charge on any atom is 0.262 e. The monoisotopic (exact) mass is 505 g/mol. The zero-order valence-corrected chi connectivity index (χ0v) is 20.6. The average Bonchev–Trinajstić information content (AvgIpc) is 2.69. The molecule has 0 aliphatic heterocycles. The summed E-state index contributed by atoms with van der Waals surface area (Å²) in [4.78, 5) is 12.4. The number of rotatable bonds is 7. The van der Waals surface area contributed by atoms with Crippen molar-refractivity contribution in [2.75, 3.05) is 25.2 Å². The van der Waals surface area contributed by atoms with Gasteiger partial charge in [0.25, 0.3) is 5.88 Å². The predicted molar refractivity (Wildman–Crippen MR) is 109 cm³/mol. The van der Waals surface area contributed by atoms with E-state index in [1.54, 1.807) is 36.4 Å². The predicted octanol–water partition coefficient (Wildman–Crippen LogP) is 2.97. The summed E-state index contributed by atoms with van der Waals surface area (Å²) < 4.78 is 42.5. The molecule has 1 N–H and O–H groups in total. The van der Waals surface area contributed by atoms with Crippen molar-refractivity contribution in [3.63, 3.8) is 0 Å². The second-order valence-electron chi connectivity index (χ2n) is 5.53. The average molecular weight is 505 g/mol. The fourth-order valence-electron chi connectivity index (χ4n) is 2.30. The molecule has 0 bridgehead atoms. The molecule has 1 radical (unpaired) electrons. The number of para-hydroxylation sites is 2. The van der Waals surface area contributed by atoms with Crippen LogP contribution in [0.5, 0.6) is 23.1 Å². The van der Waals surface area contributed by atoms with Gasteiger partial charge in [0.2, 0.25) is 15.8 Å². The molecule has 0 spiro atoms. The van der Waals surface area contributed by atoms with Crippen LogP contribution in [0.4, 0.5) is 5.82 Å². The fourth-order valence-corrected chi connectivity index (χ4v) is 2.79. The van der Waals surface area contributed by atoms with Crippen LogP contribution < -0.4 is 18.9 Å². The molecule has 0 aliphatic carbocycles. The molecule has 0 amide bonds. The summed E-state index contributed by atoms with van der Waals surface area (Å²) in [7, 11) is -0.771. The van der Waals surface area contributed by atoms with Gasteiger partial charge in [-0.1, -0.05) is 30.1 Å².